The van der Waals surface area contributed by atoms with Gasteiger partial charge in [-0.3, -0.25) is 9.59 Å². The Kier molecular flexibility index (Phi) is 4.17. The van der Waals surface area contributed by atoms with Gasteiger partial charge >= 0.3 is 5.97 Å². The standard InChI is InChI=1S/C23H22O7/c1-23(2)11-15(24)13-4-5-16-20(21(13)30-23)14(10-19(25)29-16)12-8-17(26-3)22-18(9-12)27-6-7-28-22/h4-5,8-9,14H,6-7,10-11H2,1-3H3/t14-/m1/s1. The number of methoxy groups -OCH3 is 1. The van der Waals surface area contributed by atoms with Gasteiger partial charge in [-0.05, 0) is 43.7 Å². The first-order valence-electron chi connectivity index (χ1n) is 9.93. The zero-order chi connectivity index (χ0) is 21.0. The van der Waals surface area contributed by atoms with Crippen molar-refractivity contribution in [2.24, 2.45) is 0 Å². The van der Waals surface area contributed by atoms with Crippen LogP contribution >= 0.6 is 0 Å². The largest absolute Gasteiger partial charge is 0.493 e. The second-order valence-electron chi connectivity index (χ2n) is 8.29. The summed E-state index contributed by atoms with van der Waals surface area (Å²) in [6, 6.07) is 7.05. The van der Waals surface area contributed by atoms with Crippen molar-refractivity contribution in [3.63, 3.8) is 0 Å². The van der Waals surface area contributed by atoms with Crippen LogP contribution in [-0.4, -0.2) is 37.7 Å². The lowest BCUT2D eigenvalue weighted by atomic mass is 9.82. The fourth-order valence-electron chi connectivity index (χ4n) is 4.34. The van der Waals surface area contributed by atoms with Crippen LogP contribution in [0.3, 0.4) is 0 Å². The molecule has 0 fully saturated rings. The minimum absolute atomic E-state index is 0.0134. The van der Waals surface area contributed by atoms with Crippen molar-refractivity contribution in [3.8, 4) is 28.7 Å². The molecule has 156 valence electrons. The third-order valence-corrected chi connectivity index (χ3v) is 5.62. The van der Waals surface area contributed by atoms with Gasteiger partial charge in [-0.1, -0.05) is 0 Å². The van der Waals surface area contributed by atoms with Gasteiger partial charge < -0.3 is 23.7 Å². The van der Waals surface area contributed by atoms with Crippen LogP contribution in [0.15, 0.2) is 24.3 Å². The molecule has 2 aromatic rings. The van der Waals surface area contributed by atoms with Crippen molar-refractivity contribution in [3.05, 3.63) is 41.0 Å². The molecule has 0 radical (unpaired) electrons. The summed E-state index contributed by atoms with van der Waals surface area (Å²) in [6.45, 7) is 4.64. The van der Waals surface area contributed by atoms with Gasteiger partial charge in [0, 0.05) is 11.5 Å². The average molecular weight is 410 g/mol. The van der Waals surface area contributed by atoms with Gasteiger partial charge in [0.05, 0.1) is 25.5 Å². The molecular weight excluding hydrogens is 388 g/mol. The quantitative estimate of drug-likeness (QED) is 0.552. The highest BCUT2D eigenvalue weighted by atomic mass is 16.6. The number of rotatable bonds is 2. The van der Waals surface area contributed by atoms with Crippen LogP contribution in [0.25, 0.3) is 0 Å². The van der Waals surface area contributed by atoms with E-state index < -0.39 is 5.60 Å². The molecule has 0 aromatic heterocycles. The van der Waals surface area contributed by atoms with Crippen molar-refractivity contribution in [1.29, 1.82) is 0 Å². The summed E-state index contributed by atoms with van der Waals surface area (Å²) < 4.78 is 28.7. The van der Waals surface area contributed by atoms with Gasteiger partial charge in [-0.2, -0.15) is 0 Å². The van der Waals surface area contributed by atoms with Crippen LogP contribution in [0.4, 0.5) is 0 Å². The van der Waals surface area contributed by atoms with E-state index in [2.05, 4.69) is 0 Å². The first kappa shape index (κ1) is 18.8. The van der Waals surface area contributed by atoms with Crippen LogP contribution in [0, 0.1) is 0 Å². The Morgan fingerprint density at radius 3 is 2.63 bits per heavy atom. The number of hydrogen-bond donors (Lipinski definition) is 0. The molecule has 30 heavy (non-hydrogen) atoms. The smallest absolute Gasteiger partial charge is 0.312 e. The van der Waals surface area contributed by atoms with Crippen LogP contribution in [0.2, 0.25) is 0 Å². The molecule has 0 spiro atoms. The van der Waals surface area contributed by atoms with E-state index in [9.17, 15) is 9.59 Å². The Labute approximate surface area is 173 Å². The summed E-state index contributed by atoms with van der Waals surface area (Å²) >= 11 is 0. The highest BCUT2D eigenvalue weighted by molar-refractivity contribution is 6.01. The van der Waals surface area contributed by atoms with E-state index in [1.54, 1.807) is 19.2 Å². The zero-order valence-corrected chi connectivity index (χ0v) is 17.1. The molecule has 0 amide bonds. The van der Waals surface area contributed by atoms with E-state index in [0.29, 0.717) is 59.5 Å². The number of fused-ring (bicyclic) bond motifs is 4. The Hall–Kier alpha value is -3.22. The summed E-state index contributed by atoms with van der Waals surface area (Å²) in [5.74, 6) is 1.84. The van der Waals surface area contributed by atoms with Crippen LogP contribution in [-0.2, 0) is 4.79 Å². The second-order valence-corrected chi connectivity index (χ2v) is 8.29. The van der Waals surface area contributed by atoms with E-state index in [0.717, 1.165) is 5.56 Å². The maximum absolute atomic E-state index is 12.7. The lowest BCUT2D eigenvalue weighted by Crippen LogP contribution is -2.37. The second kappa shape index (κ2) is 6.65. The van der Waals surface area contributed by atoms with E-state index in [1.807, 2.05) is 26.0 Å². The van der Waals surface area contributed by atoms with Crippen molar-refractivity contribution in [2.75, 3.05) is 20.3 Å². The predicted molar refractivity (Wildman–Crippen MR) is 106 cm³/mol. The van der Waals surface area contributed by atoms with E-state index in [-0.39, 0.29) is 24.1 Å². The maximum Gasteiger partial charge on any atom is 0.312 e. The van der Waals surface area contributed by atoms with Gasteiger partial charge in [0.15, 0.2) is 17.3 Å². The SMILES string of the molecule is COc1cc([C@H]2CC(=O)Oc3ccc4c(c32)OC(C)(C)CC4=O)cc2c1OCCO2. The first-order valence-corrected chi connectivity index (χ1v) is 9.93. The monoisotopic (exact) mass is 410 g/mol. The average Bonchev–Trinajstić information content (AvgIpc) is 2.71. The minimum Gasteiger partial charge on any atom is -0.493 e. The Bertz CT molecular complexity index is 1050. The molecule has 1 atom stereocenters. The number of ether oxygens (including phenoxy) is 5. The topological polar surface area (TPSA) is 80.3 Å². The molecule has 0 saturated carbocycles. The predicted octanol–water partition coefficient (Wildman–Crippen LogP) is 3.65. The van der Waals surface area contributed by atoms with Crippen molar-refractivity contribution in [1.82, 2.24) is 0 Å². The van der Waals surface area contributed by atoms with Crippen molar-refractivity contribution >= 4 is 11.8 Å². The summed E-state index contributed by atoms with van der Waals surface area (Å²) in [5, 5.41) is 0. The number of carbonyl (C=O) groups is 2. The third kappa shape index (κ3) is 2.96. The number of hydrogen-bond acceptors (Lipinski definition) is 7. The molecule has 7 nitrogen and oxygen atoms in total. The summed E-state index contributed by atoms with van der Waals surface area (Å²) in [5.41, 5.74) is 1.38. The molecule has 3 heterocycles. The number of esters is 1. The Morgan fingerprint density at radius 2 is 1.83 bits per heavy atom. The van der Waals surface area contributed by atoms with Crippen molar-refractivity contribution in [2.45, 2.75) is 38.2 Å². The Balaban J connectivity index is 1.70. The van der Waals surface area contributed by atoms with Crippen LogP contribution in [0.5, 0.6) is 28.7 Å². The molecule has 0 N–H and O–H groups in total. The van der Waals surface area contributed by atoms with Crippen LogP contribution < -0.4 is 23.7 Å². The van der Waals surface area contributed by atoms with E-state index in [4.69, 9.17) is 23.7 Å². The molecule has 0 aliphatic carbocycles. The molecule has 0 saturated heterocycles. The summed E-state index contributed by atoms with van der Waals surface area (Å²) in [4.78, 5) is 25.1. The zero-order valence-electron chi connectivity index (χ0n) is 17.1. The highest BCUT2D eigenvalue weighted by Crippen LogP contribution is 2.51. The molecule has 0 unspecified atom stereocenters. The minimum atomic E-state index is -0.643. The molecule has 5 rings (SSSR count). The van der Waals surface area contributed by atoms with Gasteiger partial charge in [0.25, 0.3) is 0 Å². The first-order chi connectivity index (χ1) is 14.4. The normalized spacial score (nSPS) is 21.1. The fourth-order valence-corrected chi connectivity index (χ4v) is 4.34. The molecule has 2 aromatic carbocycles. The molecule has 0 bridgehead atoms. The number of carbonyl (C=O) groups excluding carboxylic acids is 2. The number of ketones is 1. The van der Waals surface area contributed by atoms with Gasteiger partial charge in [0.1, 0.15) is 30.3 Å². The molecule has 7 heteroatoms. The molecule has 3 aliphatic rings. The lowest BCUT2D eigenvalue weighted by Gasteiger charge is -2.36. The van der Waals surface area contributed by atoms with E-state index in [1.165, 1.54) is 0 Å². The maximum atomic E-state index is 12.7. The van der Waals surface area contributed by atoms with Gasteiger partial charge in [0.2, 0.25) is 5.75 Å². The summed E-state index contributed by atoms with van der Waals surface area (Å²) in [7, 11) is 1.56. The molecule has 3 aliphatic heterocycles. The lowest BCUT2D eigenvalue weighted by molar-refractivity contribution is -0.135. The number of benzene rings is 2. The van der Waals surface area contributed by atoms with Crippen molar-refractivity contribution < 1.29 is 33.3 Å². The van der Waals surface area contributed by atoms with Gasteiger partial charge in [-0.15, -0.1) is 0 Å². The van der Waals surface area contributed by atoms with Crippen LogP contribution in [0.1, 0.15) is 54.1 Å². The third-order valence-electron chi connectivity index (χ3n) is 5.62. The van der Waals surface area contributed by atoms with Gasteiger partial charge in [-0.25, -0.2) is 0 Å². The fraction of sp³-hybridized carbons (Fsp3) is 0.391. The summed E-state index contributed by atoms with van der Waals surface area (Å²) in [6.07, 6.45) is 0.408. The number of Topliss-reactive ketones (excluding diaryl/α,β-unsaturated/α-hetero) is 1. The Morgan fingerprint density at radius 1 is 1.03 bits per heavy atom. The molecular formula is C23H22O7. The van der Waals surface area contributed by atoms with E-state index >= 15 is 0 Å². The highest BCUT2D eigenvalue weighted by Gasteiger charge is 2.40.